The molecule has 0 bridgehead atoms. The van der Waals surface area contributed by atoms with Crippen molar-refractivity contribution in [2.24, 2.45) is 0 Å². The van der Waals surface area contributed by atoms with Crippen molar-refractivity contribution < 1.29 is 9.31 Å². The van der Waals surface area contributed by atoms with Crippen LogP contribution in [0.4, 0.5) is 21.6 Å². The van der Waals surface area contributed by atoms with E-state index in [9.17, 15) is 14.5 Å². The summed E-state index contributed by atoms with van der Waals surface area (Å²) in [6.45, 7) is 0. The van der Waals surface area contributed by atoms with Crippen LogP contribution in [-0.2, 0) is 0 Å². The lowest BCUT2D eigenvalue weighted by atomic mass is 10.3. The number of benzene rings is 1. The summed E-state index contributed by atoms with van der Waals surface area (Å²) in [5, 5.41) is 13.6. The topological polar surface area (TPSA) is 68.1 Å². The van der Waals surface area contributed by atoms with E-state index in [0.29, 0.717) is 9.26 Å². The van der Waals surface area contributed by atoms with Gasteiger partial charge in [-0.3, -0.25) is 10.1 Å². The van der Waals surface area contributed by atoms with Crippen LogP contribution in [-0.4, -0.2) is 9.91 Å². The zero-order valence-corrected chi connectivity index (χ0v) is 12.1. The second kappa shape index (κ2) is 5.66. The van der Waals surface area contributed by atoms with Gasteiger partial charge < -0.3 is 5.32 Å². The van der Waals surface area contributed by atoms with E-state index in [1.165, 1.54) is 24.3 Å². The average molecular weight is 394 g/mol. The van der Waals surface area contributed by atoms with Crippen LogP contribution < -0.4 is 5.32 Å². The normalized spacial score (nSPS) is 10.3. The van der Waals surface area contributed by atoms with Crippen LogP contribution in [0.1, 0.15) is 0 Å². The van der Waals surface area contributed by atoms with Crippen LogP contribution in [0.5, 0.6) is 0 Å². The summed E-state index contributed by atoms with van der Waals surface area (Å²) in [7, 11) is 0. The predicted octanol–water partition coefficient (Wildman–Crippen LogP) is 4.13. The first kappa shape index (κ1) is 13.9. The molecule has 0 amide bonds. The number of halogens is 3. The molecule has 0 aliphatic rings. The molecule has 5 nitrogen and oxygen atoms in total. The summed E-state index contributed by atoms with van der Waals surface area (Å²) < 4.78 is 13.6. The Labute approximate surface area is 126 Å². The minimum absolute atomic E-state index is 0.00817. The second-order valence-corrected chi connectivity index (χ2v) is 5.09. The first-order valence-corrected chi connectivity index (χ1v) is 6.45. The van der Waals surface area contributed by atoms with E-state index in [-0.39, 0.29) is 22.5 Å². The quantitative estimate of drug-likeness (QED) is 0.368. The van der Waals surface area contributed by atoms with E-state index in [1.54, 1.807) is 0 Å². The number of nitrogens with one attached hydrogen (secondary N) is 1. The molecular weight excluding hydrogens is 387 g/mol. The van der Waals surface area contributed by atoms with Crippen LogP contribution >= 0.6 is 34.2 Å². The van der Waals surface area contributed by atoms with Gasteiger partial charge in [0.2, 0.25) is 0 Å². The largest absolute Gasteiger partial charge is 0.339 e. The fourth-order valence-corrected chi connectivity index (χ4v) is 2.20. The molecule has 0 saturated heterocycles. The fourth-order valence-electron chi connectivity index (χ4n) is 1.38. The maximum absolute atomic E-state index is 13.0. The molecule has 98 valence electrons. The third-order valence-corrected chi connectivity index (χ3v) is 3.27. The summed E-state index contributed by atoms with van der Waals surface area (Å²) >= 11 is 7.65. The molecule has 1 N–H and O–H groups in total. The highest BCUT2D eigenvalue weighted by Crippen LogP contribution is 2.26. The minimum atomic E-state index is -0.561. The maximum atomic E-state index is 13.0. The number of aromatic nitrogens is 1. The standard InChI is InChI=1S/C11H6ClFIN3O2/c12-10-4-7(17(18)19)5-11(16-10)15-9-2-1-6(13)3-8(9)14/h1-5H,(H,15,16). The third kappa shape index (κ3) is 3.51. The lowest BCUT2D eigenvalue weighted by Gasteiger charge is -2.08. The molecule has 2 rings (SSSR count). The van der Waals surface area contributed by atoms with Gasteiger partial charge in [-0.1, -0.05) is 11.6 Å². The van der Waals surface area contributed by atoms with Gasteiger partial charge in [0.1, 0.15) is 16.8 Å². The van der Waals surface area contributed by atoms with Crippen LogP contribution in [0, 0.1) is 19.5 Å². The smallest absolute Gasteiger partial charge is 0.276 e. The molecule has 0 aliphatic carbocycles. The van der Waals surface area contributed by atoms with Crippen molar-refractivity contribution in [2.45, 2.75) is 0 Å². The summed E-state index contributed by atoms with van der Waals surface area (Å²) in [5.74, 6) is -0.135. The SMILES string of the molecule is O=[N+]([O-])c1cc(Cl)nc(Nc2ccc(F)cc2I)c1. The zero-order valence-electron chi connectivity index (χ0n) is 9.23. The lowest BCUT2D eigenvalue weighted by molar-refractivity contribution is -0.384. The molecule has 1 aromatic carbocycles. The minimum Gasteiger partial charge on any atom is -0.339 e. The molecule has 0 aliphatic heterocycles. The highest BCUT2D eigenvalue weighted by atomic mass is 127. The van der Waals surface area contributed by atoms with Crippen molar-refractivity contribution in [3.63, 3.8) is 0 Å². The van der Waals surface area contributed by atoms with Gasteiger partial charge in [0.25, 0.3) is 5.69 Å². The molecule has 0 radical (unpaired) electrons. The molecule has 19 heavy (non-hydrogen) atoms. The van der Waals surface area contributed by atoms with Gasteiger partial charge >= 0.3 is 0 Å². The first-order chi connectivity index (χ1) is 8.95. The van der Waals surface area contributed by atoms with Gasteiger partial charge in [-0.25, -0.2) is 9.37 Å². The summed E-state index contributed by atoms with van der Waals surface area (Å²) in [4.78, 5) is 14.1. The number of nitrogens with zero attached hydrogens (tertiary/aromatic N) is 2. The predicted molar refractivity (Wildman–Crippen MR) is 78.3 cm³/mol. The lowest BCUT2D eigenvalue weighted by Crippen LogP contribution is -1.98. The van der Waals surface area contributed by atoms with Crippen LogP contribution in [0.3, 0.4) is 0 Å². The molecule has 1 aromatic heterocycles. The van der Waals surface area contributed by atoms with Gasteiger partial charge in [-0.2, -0.15) is 0 Å². The van der Waals surface area contributed by atoms with Gasteiger partial charge in [0.15, 0.2) is 0 Å². The Morgan fingerprint density at radius 3 is 2.74 bits per heavy atom. The Morgan fingerprint density at radius 2 is 2.11 bits per heavy atom. The van der Waals surface area contributed by atoms with Gasteiger partial charge in [0.05, 0.1) is 22.7 Å². The van der Waals surface area contributed by atoms with Gasteiger partial charge in [-0.15, -0.1) is 0 Å². The van der Waals surface area contributed by atoms with E-state index in [2.05, 4.69) is 10.3 Å². The Morgan fingerprint density at radius 1 is 1.37 bits per heavy atom. The van der Waals surface area contributed by atoms with Crippen molar-refractivity contribution in [1.29, 1.82) is 0 Å². The number of hydrogen-bond donors (Lipinski definition) is 1. The van der Waals surface area contributed by atoms with Crippen molar-refractivity contribution in [3.05, 3.63) is 55.0 Å². The van der Waals surface area contributed by atoms with Crippen LogP contribution in [0.2, 0.25) is 5.15 Å². The summed E-state index contributed by atoms with van der Waals surface area (Å²) in [6.07, 6.45) is 0. The maximum Gasteiger partial charge on any atom is 0.276 e. The monoisotopic (exact) mass is 393 g/mol. The average Bonchev–Trinajstić information content (AvgIpc) is 2.32. The van der Waals surface area contributed by atoms with Crippen molar-refractivity contribution >= 4 is 51.4 Å². The molecule has 0 unspecified atom stereocenters. The highest BCUT2D eigenvalue weighted by Gasteiger charge is 2.11. The number of anilines is 2. The molecule has 1 heterocycles. The number of nitro groups is 1. The molecular formula is C11H6ClFIN3O2. The molecule has 0 fully saturated rings. The number of pyridine rings is 1. The van der Waals surface area contributed by atoms with Gasteiger partial charge in [0, 0.05) is 3.57 Å². The Bertz CT molecular complexity index is 654. The number of hydrogen-bond acceptors (Lipinski definition) is 4. The van der Waals surface area contributed by atoms with Gasteiger partial charge in [-0.05, 0) is 40.8 Å². The Balaban J connectivity index is 2.35. The zero-order chi connectivity index (χ0) is 14.0. The summed E-state index contributed by atoms with van der Waals surface area (Å²) in [5.41, 5.74) is 0.422. The molecule has 0 saturated carbocycles. The Kier molecular flexibility index (Phi) is 4.15. The molecule has 2 aromatic rings. The van der Waals surface area contributed by atoms with E-state index in [0.717, 1.165) is 6.07 Å². The van der Waals surface area contributed by atoms with E-state index in [4.69, 9.17) is 11.6 Å². The summed E-state index contributed by atoms with van der Waals surface area (Å²) in [6, 6.07) is 6.55. The van der Waals surface area contributed by atoms with E-state index >= 15 is 0 Å². The van der Waals surface area contributed by atoms with Crippen LogP contribution in [0.25, 0.3) is 0 Å². The molecule has 0 spiro atoms. The molecule has 0 atom stereocenters. The van der Waals surface area contributed by atoms with Crippen molar-refractivity contribution in [3.8, 4) is 0 Å². The second-order valence-electron chi connectivity index (χ2n) is 3.54. The van der Waals surface area contributed by atoms with Crippen molar-refractivity contribution in [1.82, 2.24) is 4.98 Å². The fraction of sp³-hybridized carbons (Fsp3) is 0. The first-order valence-electron chi connectivity index (χ1n) is 5.00. The Hall–Kier alpha value is -1.48. The third-order valence-electron chi connectivity index (χ3n) is 2.18. The van der Waals surface area contributed by atoms with E-state index in [1.807, 2.05) is 22.6 Å². The van der Waals surface area contributed by atoms with E-state index < -0.39 is 4.92 Å². The molecule has 8 heteroatoms. The number of rotatable bonds is 3. The van der Waals surface area contributed by atoms with Crippen LogP contribution in [0.15, 0.2) is 30.3 Å². The highest BCUT2D eigenvalue weighted by molar-refractivity contribution is 14.1. The van der Waals surface area contributed by atoms with Crippen molar-refractivity contribution in [2.75, 3.05) is 5.32 Å².